The van der Waals surface area contributed by atoms with Gasteiger partial charge in [-0.15, -0.1) is 0 Å². The van der Waals surface area contributed by atoms with Crippen LogP contribution in [0, 0.1) is 11.8 Å². The van der Waals surface area contributed by atoms with E-state index < -0.39 is 30.0 Å². The number of alkyl halides is 3. The van der Waals surface area contributed by atoms with Crippen LogP contribution in [0.15, 0.2) is 6.20 Å². The van der Waals surface area contributed by atoms with Gasteiger partial charge in [0.15, 0.2) is 5.69 Å². The van der Waals surface area contributed by atoms with Crippen molar-refractivity contribution >= 4 is 5.95 Å². The number of nitrogens with two attached hydrogens (primary N) is 1. The van der Waals surface area contributed by atoms with E-state index in [0.717, 1.165) is 6.20 Å². The van der Waals surface area contributed by atoms with Gasteiger partial charge in [0, 0.05) is 6.20 Å². The molecule has 0 fully saturated rings. The average molecular weight is 217 g/mol. The summed E-state index contributed by atoms with van der Waals surface area (Å²) in [6.45, 7) is -0.540. The summed E-state index contributed by atoms with van der Waals surface area (Å²) in [7, 11) is 0. The van der Waals surface area contributed by atoms with Gasteiger partial charge in [-0.3, -0.25) is 0 Å². The van der Waals surface area contributed by atoms with E-state index in [9.17, 15) is 13.2 Å². The standard InChI is InChI=1S/C8H6F3N3O/c9-8(10,11)6-5(2-1-3-15)4-13-7(12)14-6/h4,15H,3H2,(H2,12,13,14). The van der Waals surface area contributed by atoms with Crippen molar-refractivity contribution in [3.63, 3.8) is 0 Å². The Morgan fingerprint density at radius 3 is 2.67 bits per heavy atom. The van der Waals surface area contributed by atoms with Crippen molar-refractivity contribution < 1.29 is 18.3 Å². The SMILES string of the molecule is Nc1ncc(C#CCO)c(C(F)(F)F)n1. The van der Waals surface area contributed by atoms with E-state index in [-0.39, 0.29) is 0 Å². The van der Waals surface area contributed by atoms with Gasteiger partial charge < -0.3 is 10.8 Å². The molecule has 3 N–H and O–H groups in total. The average Bonchev–Trinajstić information content (AvgIpc) is 2.14. The Kier molecular flexibility index (Phi) is 3.11. The molecule has 0 saturated heterocycles. The smallest absolute Gasteiger partial charge is 0.384 e. The van der Waals surface area contributed by atoms with Crippen molar-refractivity contribution in [1.82, 2.24) is 9.97 Å². The van der Waals surface area contributed by atoms with Crippen LogP contribution in [0.4, 0.5) is 19.1 Å². The normalized spacial score (nSPS) is 10.7. The molecule has 0 aliphatic carbocycles. The number of halogens is 3. The lowest BCUT2D eigenvalue weighted by molar-refractivity contribution is -0.141. The van der Waals surface area contributed by atoms with E-state index in [0.29, 0.717) is 0 Å². The summed E-state index contributed by atoms with van der Waals surface area (Å²) in [5.74, 6) is 3.70. The van der Waals surface area contributed by atoms with E-state index in [1.165, 1.54) is 0 Å². The fourth-order valence-corrected chi connectivity index (χ4v) is 0.838. The molecule has 0 atom stereocenters. The zero-order valence-electron chi connectivity index (χ0n) is 7.34. The van der Waals surface area contributed by atoms with Gasteiger partial charge in [0.25, 0.3) is 0 Å². The van der Waals surface area contributed by atoms with Crippen LogP contribution in [0.2, 0.25) is 0 Å². The summed E-state index contributed by atoms with van der Waals surface area (Å²) in [6.07, 6.45) is -3.77. The number of nitrogen functional groups attached to an aromatic ring is 1. The van der Waals surface area contributed by atoms with Gasteiger partial charge in [0.1, 0.15) is 6.61 Å². The van der Waals surface area contributed by atoms with Crippen molar-refractivity contribution in [2.45, 2.75) is 6.18 Å². The molecular weight excluding hydrogens is 211 g/mol. The second-order valence-electron chi connectivity index (χ2n) is 2.45. The molecule has 1 aromatic heterocycles. The number of aromatic nitrogens is 2. The molecule has 1 rings (SSSR count). The Hall–Kier alpha value is -1.81. The Bertz CT molecular complexity index is 419. The molecule has 0 amide bonds. The van der Waals surface area contributed by atoms with Crippen molar-refractivity contribution in [1.29, 1.82) is 0 Å². The van der Waals surface area contributed by atoms with Crippen LogP contribution in [-0.2, 0) is 6.18 Å². The first-order valence-corrected chi connectivity index (χ1v) is 3.74. The molecule has 0 aromatic carbocycles. The summed E-state index contributed by atoms with van der Waals surface area (Å²) in [4.78, 5) is 6.44. The van der Waals surface area contributed by atoms with Gasteiger partial charge >= 0.3 is 6.18 Å². The maximum atomic E-state index is 12.4. The molecular formula is C8H6F3N3O. The molecule has 7 heteroatoms. The van der Waals surface area contributed by atoms with Crippen LogP contribution >= 0.6 is 0 Å². The van der Waals surface area contributed by atoms with Gasteiger partial charge in [-0.05, 0) is 0 Å². The first-order valence-electron chi connectivity index (χ1n) is 3.74. The van der Waals surface area contributed by atoms with E-state index >= 15 is 0 Å². The van der Waals surface area contributed by atoms with E-state index in [1.54, 1.807) is 0 Å². The zero-order valence-corrected chi connectivity index (χ0v) is 7.34. The molecule has 0 saturated carbocycles. The lowest BCUT2D eigenvalue weighted by Gasteiger charge is -2.07. The van der Waals surface area contributed by atoms with Crippen LogP contribution in [0.1, 0.15) is 11.3 Å². The lowest BCUT2D eigenvalue weighted by Crippen LogP contribution is -2.13. The van der Waals surface area contributed by atoms with E-state index in [4.69, 9.17) is 10.8 Å². The fourth-order valence-electron chi connectivity index (χ4n) is 0.838. The summed E-state index contributed by atoms with van der Waals surface area (Å²) < 4.78 is 37.1. The van der Waals surface area contributed by atoms with Crippen LogP contribution in [0.3, 0.4) is 0 Å². The molecule has 15 heavy (non-hydrogen) atoms. The van der Waals surface area contributed by atoms with Gasteiger partial charge in [-0.2, -0.15) is 13.2 Å². The number of hydrogen-bond acceptors (Lipinski definition) is 4. The van der Waals surface area contributed by atoms with Crippen LogP contribution in [0.5, 0.6) is 0 Å². The first kappa shape index (κ1) is 11.3. The third-order valence-electron chi connectivity index (χ3n) is 1.38. The summed E-state index contributed by atoms with van der Waals surface area (Å²) in [5.41, 5.74) is 3.42. The van der Waals surface area contributed by atoms with Crippen LogP contribution in [0.25, 0.3) is 0 Å². The van der Waals surface area contributed by atoms with Gasteiger partial charge in [0.2, 0.25) is 5.95 Å². The second kappa shape index (κ2) is 4.14. The lowest BCUT2D eigenvalue weighted by atomic mass is 10.2. The third kappa shape index (κ3) is 2.82. The van der Waals surface area contributed by atoms with Crippen LogP contribution in [-0.4, -0.2) is 21.7 Å². The van der Waals surface area contributed by atoms with E-state index in [1.807, 2.05) is 0 Å². The molecule has 0 spiro atoms. The topological polar surface area (TPSA) is 72.0 Å². The van der Waals surface area contributed by atoms with Crippen LogP contribution < -0.4 is 5.73 Å². The molecule has 0 radical (unpaired) electrons. The number of hydrogen-bond donors (Lipinski definition) is 2. The Morgan fingerprint density at radius 1 is 1.47 bits per heavy atom. The maximum absolute atomic E-state index is 12.4. The van der Waals surface area contributed by atoms with Crippen molar-refractivity contribution in [3.8, 4) is 11.8 Å². The monoisotopic (exact) mass is 217 g/mol. The van der Waals surface area contributed by atoms with Gasteiger partial charge in [0.05, 0.1) is 5.56 Å². The highest BCUT2D eigenvalue weighted by atomic mass is 19.4. The highest BCUT2D eigenvalue weighted by Crippen LogP contribution is 2.29. The van der Waals surface area contributed by atoms with Crippen molar-refractivity contribution in [2.24, 2.45) is 0 Å². The predicted octanol–water partition coefficient (Wildman–Crippen LogP) is 0.421. The summed E-state index contributed by atoms with van der Waals surface area (Å²) >= 11 is 0. The number of rotatable bonds is 0. The van der Waals surface area contributed by atoms with Gasteiger partial charge in [-0.25, -0.2) is 9.97 Å². The molecule has 0 aliphatic heterocycles. The Morgan fingerprint density at radius 2 is 2.13 bits per heavy atom. The second-order valence-corrected chi connectivity index (χ2v) is 2.45. The van der Waals surface area contributed by atoms with Gasteiger partial charge in [-0.1, -0.05) is 11.8 Å². The predicted molar refractivity (Wildman–Crippen MR) is 45.4 cm³/mol. The highest BCUT2D eigenvalue weighted by Gasteiger charge is 2.35. The molecule has 1 heterocycles. The molecule has 1 aromatic rings. The number of nitrogens with zero attached hydrogens (tertiary/aromatic N) is 2. The van der Waals surface area contributed by atoms with E-state index in [2.05, 4.69) is 21.8 Å². The molecule has 0 bridgehead atoms. The minimum absolute atomic E-state index is 0.411. The molecule has 0 aliphatic rings. The number of aliphatic hydroxyl groups is 1. The Balaban J connectivity index is 3.27. The quantitative estimate of drug-likeness (QED) is 0.618. The maximum Gasteiger partial charge on any atom is 0.434 e. The largest absolute Gasteiger partial charge is 0.434 e. The van der Waals surface area contributed by atoms with Crippen molar-refractivity contribution in [2.75, 3.05) is 12.3 Å². The van der Waals surface area contributed by atoms with Crippen molar-refractivity contribution in [3.05, 3.63) is 17.5 Å². The minimum atomic E-state index is -4.64. The summed E-state index contributed by atoms with van der Waals surface area (Å²) in [6, 6.07) is 0. The fraction of sp³-hybridized carbons (Fsp3) is 0.250. The zero-order chi connectivity index (χ0) is 11.5. The minimum Gasteiger partial charge on any atom is -0.384 e. The summed E-state index contributed by atoms with van der Waals surface area (Å²) in [5, 5.41) is 8.36. The molecule has 4 nitrogen and oxygen atoms in total. The first-order chi connectivity index (χ1) is 6.95. The third-order valence-corrected chi connectivity index (χ3v) is 1.38. The number of aliphatic hydroxyl groups excluding tert-OH is 1. The molecule has 0 unspecified atom stereocenters. The highest BCUT2D eigenvalue weighted by molar-refractivity contribution is 5.40. The molecule has 80 valence electrons. The Labute approximate surface area is 83.0 Å². The number of anilines is 1.